The fraction of sp³-hybridized carbons (Fsp3) is 0.375. The maximum Gasteiger partial charge on any atom is 0.337 e. The molecule has 0 atom stereocenters. The van der Waals surface area contributed by atoms with Crippen LogP contribution in [0.25, 0.3) is 0 Å². The summed E-state index contributed by atoms with van der Waals surface area (Å²) in [6.07, 6.45) is 1.29. The summed E-state index contributed by atoms with van der Waals surface area (Å²) >= 11 is 0. The van der Waals surface area contributed by atoms with Crippen LogP contribution in [0.3, 0.4) is 0 Å². The Morgan fingerprint density at radius 2 is 2.10 bits per heavy atom. The van der Waals surface area contributed by atoms with Crippen LogP contribution in [0.5, 0.6) is 0 Å². The molecule has 0 aliphatic heterocycles. The maximum atomic E-state index is 10.8. The van der Waals surface area contributed by atoms with E-state index in [0.717, 1.165) is 0 Å². The third-order valence-electron chi connectivity index (χ3n) is 0.851. The van der Waals surface area contributed by atoms with Gasteiger partial charge in [0.15, 0.2) is 0 Å². The maximum absolute atomic E-state index is 10.8. The van der Waals surface area contributed by atoms with E-state index in [1.165, 1.54) is 6.08 Å². The van der Waals surface area contributed by atoms with Crippen LogP contribution in [0.4, 0.5) is 0 Å². The zero-order valence-corrected chi connectivity index (χ0v) is 6.39. The van der Waals surface area contributed by atoms with Gasteiger partial charge in [-0.15, -0.1) is 0 Å². The van der Waals surface area contributed by atoms with Crippen molar-refractivity contribution in [3.63, 3.8) is 0 Å². The first kappa shape index (κ1) is 8.95. The lowest BCUT2D eigenvalue weighted by Crippen LogP contribution is -2.11. The summed E-state index contributed by atoms with van der Waals surface area (Å²) in [5, 5.41) is 0. The second-order valence-corrected chi connectivity index (χ2v) is 2.18. The van der Waals surface area contributed by atoms with E-state index in [2.05, 4.69) is 13.2 Å². The number of hydrogen-bond donors (Lipinski definition) is 0. The normalized spacial score (nSPS) is 9.10. The molecular weight excluding hydrogens is 128 g/mol. The molecule has 0 N–H and O–H groups in total. The van der Waals surface area contributed by atoms with Gasteiger partial charge in [0.1, 0.15) is 0 Å². The van der Waals surface area contributed by atoms with Crippen LogP contribution >= 0.6 is 0 Å². The minimum atomic E-state index is -0.398. The van der Waals surface area contributed by atoms with E-state index in [4.69, 9.17) is 4.74 Å². The zero-order valence-electron chi connectivity index (χ0n) is 6.39. The van der Waals surface area contributed by atoms with E-state index in [1.807, 2.05) is 0 Å². The van der Waals surface area contributed by atoms with Crippen LogP contribution in [0, 0.1) is 0 Å². The van der Waals surface area contributed by atoms with Crippen LogP contribution in [-0.4, -0.2) is 12.1 Å². The molecule has 2 heteroatoms. The Labute approximate surface area is 61.2 Å². The van der Waals surface area contributed by atoms with Crippen molar-refractivity contribution in [2.75, 3.05) is 0 Å². The smallest absolute Gasteiger partial charge is 0.337 e. The fourth-order valence-corrected chi connectivity index (χ4v) is 0.373. The first-order chi connectivity index (χ1) is 4.57. The summed E-state index contributed by atoms with van der Waals surface area (Å²) in [6, 6.07) is 0. The predicted molar refractivity (Wildman–Crippen MR) is 40.6 cm³/mol. The van der Waals surface area contributed by atoms with Crippen molar-refractivity contribution in [1.82, 2.24) is 0 Å². The van der Waals surface area contributed by atoms with Gasteiger partial charge < -0.3 is 4.74 Å². The van der Waals surface area contributed by atoms with Gasteiger partial charge in [0.2, 0.25) is 0 Å². The molecule has 0 aromatic carbocycles. The van der Waals surface area contributed by atoms with Crippen molar-refractivity contribution in [2.24, 2.45) is 0 Å². The van der Waals surface area contributed by atoms with Gasteiger partial charge in [0.05, 0.1) is 11.7 Å². The molecule has 0 aliphatic carbocycles. The van der Waals surface area contributed by atoms with E-state index < -0.39 is 5.97 Å². The lowest BCUT2D eigenvalue weighted by atomic mass is 10.3. The second kappa shape index (κ2) is 3.88. The standard InChI is InChI=1S/C8H12O2/c1-5-7(4)8(9)10-6(2)3/h5-6H,1,4H2,2-3H3. The van der Waals surface area contributed by atoms with Gasteiger partial charge in [0, 0.05) is 0 Å². The highest BCUT2D eigenvalue weighted by atomic mass is 16.5. The van der Waals surface area contributed by atoms with Gasteiger partial charge in [-0.2, -0.15) is 0 Å². The SMILES string of the molecule is C=CC(=C)C(=O)OC(C)C. The molecule has 0 aliphatic rings. The summed E-state index contributed by atoms with van der Waals surface area (Å²) in [4.78, 5) is 10.8. The Kier molecular flexibility index (Phi) is 3.47. The molecule has 0 aromatic heterocycles. The van der Waals surface area contributed by atoms with Crippen LogP contribution in [0.2, 0.25) is 0 Å². The Balaban J connectivity index is 3.85. The molecule has 0 radical (unpaired) electrons. The van der Waals surface area contributed by atoms with Crippen molar-refractivity contribution >= 4 is 5.97 Å². The van der Waals surface area contributed by atoms with Gasteiger partial charge in [-0.1, -0.05) is 19.2 Å². The quantitative estimate of drug-likeness (QED) is 0.338. The summed E-state index contributed by atoms with van der Waals surface area (Å²) in [7, 11) is 0. The first-order valence-electron chi connectivity index (χ1n) is 3.10. The highest BCUT2D eigenvalue weighted by molar-refractivity contribution is 5.90. The van der Waals surface area contributed by atoms with E-state index in [9.17, 15) is 4.79 Å². The lowest BCUT2D eigenvalue weighted by Gasteiger charge is -2.06. The lowest BCUT2D eigenvalue weighted by molar-refractivity contribution is -0.142. The average molecular weight is 140 g/mol. The van der Waals surface area contributed by atoms with E-state index in [1.54, 1.807) is 13.8 Å². The fourth-order valence-electron chi connectivity index (χ4n) is 0.373. The molecular formula is C8H12O2. The Bertz CT molecular complexity index is 157. The number of ether oxygens (including phenoxy) is 1. The molecule has 0 saturated carbocycles. The van der Waals surface area contributed by atoms with Gasteiger partial charge in [-0.05, 0) is 13.8 Å². The largest absolute Gasteiger partial charge is 0.459 e. The third-order valence-corrected chi connectivity index (χ3v) is 0.851. The summed E-state index contributed by atoms with van der Waals surface area (Å²) < 4.78 is 4.79. The molecule has 56 valence electrons. The molecule has 0 bridgehead atoms. The summed E-state index contributed by atoms with van der Waals surface area (Å²) in [6.45, 7) is 10.4. The van der Waals surface area contributed by atoms with E-state index in [0.29, 0.717) is 5.57 Å². The summed E-state index contributed by atoms with van der Waals surface area (Å²) in [5.41, 5.74) is 0.300. The Hall–Kier alpha value is -1.05. The monoisotopic (exact) mass is 140 g/mol. The molecule has 0 unspecified atom stereocenters. The number of rotatable bonds is 3. The highest BCUT2D eigenvalue weighted by Gasteiger charge is 2.05. The molecule has 0 fully saturated rings. The number of esters is 1. The van der Waals surface area contributed by atoms with Gasteiger partial charge >= 0.3 is 5.97 Å². The van der Waals surface area contributed by atoms with Crippen molar-refractivity contribution in [1.29, 1.82) is 0 Å². The van der Waals surface area contributed by atoms with Crippen LogP contribution in [0.15, 0.2) is 24.8 Å². The van der Waals surface area contributed by atoms with Crippen molar-refractivity contribution in [3.05, 3.63) is 24.8 Å². The minimum Gasteiger partial charge on any atom is -0.459 e. The zero-order chi connectivity index (χ0) is 8.15. The van der Waals surface area contributed by atoms with E-state index >= 15 is 0 Å². The Morgan fingerprint density at radius 1 is 1.60 bits per heavy atom. The molecule has 10 heavy (non-hydrogen) atoms. The van der Waals surface area contributed by atoms with Crippen LogP contribution < -0.4 is 0 Å². The molecule has 0 aromatic rings. The third kappa shape index (κ3) is 3.07. The number of carbonyl (C=O) groups is 1. The minimum absolute atomic E-state index is 0.0933. The first-order valence-corrected chi connectivity index (χ1v) is 3.10. The second-order valence-electron chi connectivity index (χ2n) is 2.18. The topological polar surface area (TPSA) is 26.3 Å². The van der Waals surface area contributed by atoms with Crippen molar-refractivity contribution in [2.45, 2.75) is 20.0 Å². The van der Waals surface area contributed by atoms with E-state index in [-0.39, 0.29) is 6.10 Å². The highest BCUT2D eigenvalue weighted by Crippen LogP contribution is 1.98. The summed E-state index contributed by atoms with van der Waals surface area (Å²) in [5.74, 6) is -0.398. The van der Waals surface area contributed by atoms with Crippen molar-refractivity contribution < 1.29 is 9.53 Å². The number of hydrogen-bond acceptors (Lipinski definition) is 2. The molecule has 2 nitrogen and oxygen atoms in total. The van der Waals surface area contributed by atoms with Crippen LogP contribution in [-0.2, 0) is 9.53 Å². The van der Waals surface area contributed by atoms with Gasteiger partial charge in [-0.25, -0.2) is 4.79 Å². The van der Waals surface area contributed by atoms with Gasteiger partial charge in [-0.3, -0.25) is 0 Å². The average Bonchev–Trinajstić information content (AvgIpc) is 1.85. The van der Waals surface area contributed by atoms with Crippen molar-refractivity contribution in [3.8, 4) is 0 Å². The molecule has 0 rings (SSSR count). The molecule has 0 amide bonds. The van der Waals surface area contributed by atoms with Gasteiger partial charge in [0.25, 0.3) is 0 Å². The predicted octanol–water partition coefficient (Wildman–Crippen LogP) is 1.68. The number of carbonyl (C=O) groups excluding carboxylic acids is 1. The molecule has 0 heterocycles. The molecule has 0 spiro atoms. The Morgan fingerprint density at radius 3 is 2.40 bits per heavy atom. The molecule has 0 saturated heterocycles. The van der Waals surface area contributed by atoms with Crippen LogP contribution in [0.1, 0.15) is 13.8 Å².